The predicted molar refractivity (Wildman–Crippen MR) is 118 cm³/mol. The fourth-order valence-electron chi connectivity index (χ4n) is 3.73. The Morgan fingerprint density at radius 1 is 1.12 bits per heavy atom. The zero-order valence-electron chi connectivity index (χ0n) is 18.0. The van der Waals surface area contributed by atoms with Crippen molar-refractivity contribution in [3.05, 3.63) is 73.5 Å². The number of aryl methyl sites for hydroxylation is 1. The van der Waals surface area contributed by atoms with Gasteiger partial charge in [0.25, 0.3) is 5.56 Å². The summed E-state index contributed by atoms with van der Waals surface area (Å²) in [5, 5.41) is 4.16. The molecule has 174 valence electrons. The molecule has 8 nitrogen and oxygen atoms in total. The maximum Gasteiger partial charge on any atom is 0.332 e. The van der Waals surface area contributed by atoms with Gasteiger partial charge < -0.3 is 4.52 Å². The molecule has 3 heterocycles. The SMILES string of the molecule is CCCCn1c2c(c(=O)n(CCCc3nc(Cc4ccc(F)c(F)c4)no3)c1=O)CC(Cl)=N2. The minimum Gasteiger partial charge on any atom is -0.339 e. The maximum absolute atomic E-state index is 13.4. The van der Waals surface area contributed by atoms with E-state index < -0.39 is 17.3 Å². The van der Waals surface area contributed by atoms with E-state index in [9.17, 15) is 18.4 Å². The maximum atomic E-state index is 13.4. The first kappa shape index (κ1) is 23.0. The largest absolute Gasteiger partial charge is 0.339 e. The van der Waals surface area contributed by atoms with Crippen LogP contribution in [0.25, 0.3) is 0 Å². The average molecular weight is 478 g/mol. The van der Waals surface area contributed by atoms with Crippen LogP contribution >= 0.6 is 11.6 Å². The molecule has 3 aromatic rings. The number of halogens is 3. The van der Waals surface area contributed by atoms with Crippen molar-refractivity contribution in [3.8, 4) is 0 Å². The van der Waals surface area contributed by atoms with E-state index in [-0.39, 0.29) is 24.9 Å². The topological polar surface area (TPSA) is 95.3 Å². The standard InChI is InChI=1S/C22H22ClF2N5O3/c1-2-3-8-29-20-14(12-17(23)26-20)21(31)30(22(29)32)9-4-5-19-27-18(28-33-19)11-13-6-7-15(24)16(25)10-13/h6-7,10H,2-5,8-9,11-12H2,1H3. The van der Waals surface area contributed by atoms with Gasteiger partial charge in [-0.25, -0.2) is 18.6 Å². The Morgan fingerprint density at radius 2 is 1.91 bits per heavy atom. The lowest BCUT2D eigenvalue weighted by molar-refractivity contribution is 0.366. The summed E-state index contributed by atoms with van der Waals surface area (Å²) < 4.78 is 34.4. The van der Waals surface area contributed by atoms with Crippen LogP contribution in [0.1, 0.15) is 49.0 Å². The van der Waals surface area contributed by atoms with Crippen molar-refractivity contribution in [2.75, 3.05) is 0 Å². The number of benzene rings is 1. The Hall–Kier alpha value is -3.14. The van der Waals surface area contributed by atoms with Crippen LogP contribution in [0, 0.1) is 11.6 Å². The molecular weight excluding hydrogens is 456 g/mol. The molecule has 11 heteroatoms. The summed E-state index contributed by atoms with van der Waals surface area (Å²) in [6.45, 7) is 2.65. The normalized spacial score (nSPS) is 12.8. The smallest absolute Gasteiger partial charge is 0.332 e. The Morgan fingerprint density at radius 3 is 2.67 bits per heavy atom. The first-order valence-electron chi connectivity index (χ1n) is 10.7. The van der Waals surface area contributed by atoms with E-state index in [1.165, 1.54) is 15.2 Å². The van der Waals surface area contributed by atoms with Crippen molar-refractivity contribution in [1.82, 2.24) is 19.3 Å². The number of nitrogens with zero attached hydrogens (tertiary/aromatic N) is 5. The number of hydrogen-bond donors (Lipinski definition) is 0. The van der Waals surface area contributed by atoms with Crippen LogP contribution in [0.4, 0.5) is 14.6 Å². The van der Waals surface area contributed by atoms with Gasteiger partial charge in [0, 0.05) is 32.4 Å². The van der Waals surface area contributed by atoms with Gasteiger partial charge in [-0.3, -0.25) is 13.9 Å². The summed E-state index contributed by atoms with van der Waals surface area (Å²) in [4.78, 5) is 34.3. The summed E-state index contributed by atoms with van der Waals surface area (Å²) in [7, 11) is 0. The number of unbranched alkanes of at least 4 members (excludes halogenated alkanes) is 1. The van der Waals surface area contributed by atoms with Gasteiger partial charge in [0.1, 0.15) is 11.0 Å². The van der Waals surface area contributed by atoms with Gasteiger partial charge in [-0.1, -0.05) is 36.2 Å². The molecule has 0 fully saturated rings. The molecule has 0 aliphatic carbocycles. The highest BCUT2D eigenvalue weighted by molar-refractivity contribution is 6.66. The summed E-state index contributed by atoms with van der Waals surface area (Å²) in [6, 6.07) is 3.59. The van der Waals surface area contributed by atoms with Crippen LogP contribution in [0.15, 0.2) is 37.3 Å². The molecular formula is C22H22ClF2N5O3. The molecule has 0 unspecified atom stereocenters. The molecule has 0 saturated heterocycles. The fraction of sp³-hybridized carbons (Fsp3) is 0.409. The molecule has 0 saturated carbocycles. The van der Waals surface area contributed by atoms with Crippen molar-refractivity contribution in [3.63, 3.8) is 0 Å². The van der Waals surface area contributed by atoms with Crippen LogP contribution in [0.2, 0.25) is 0 Å². The molecule has 1 aromatic carbocycles. The van der Waals surface area contributed by atoms with E-state index in [4.69, 9.17) is 16.1 Å². The van der Waals surface area contributed by atoms with Crippen LogP contribution in [0.3, 0.4) is 0 Å². The van der Waals surface area contributed by atoms with E-state index in [0.717, 1.165) is 25.0 Å². The highest BCUT2D eigenvalue weighted by Crippen LogP contribution is 2.24. The zero-order chi connectivity index (χ0) is 23.5. The van der Waals surface area contributed by atoms with Gasteiger partial charge in [0.2, 0.25) is 5.89 Å². The molecule has 1 aliphatic rings. The quantitative estimate of drug-likeness (QED) is 0.470. The van der Waals surface area contributed by atoms with E-state index >= 15 is 0 Å². The van der Waals surface area contributed by atoms with Gasteiger partial charge in [-0.15, -0.1) is 0 Å². The van der Waals surface area contributed by atoms with Crippen molar-refractivity contribution >= 4 is 22.6 Å². The molecule has 1 aliphatic heterocycles. The lowest BCUT2D eigenvalue weighted by Crippen LogP contribution is -2.41. The van der Waals surface area contributed by atoms with Crippen LogP contribution < -0.4 is 11.2 Å². The van der Waals surface area contributed by atoms with Gasteiger partial charge in [-0.2, -0.15) is 4.98 Å². The summed E-state index contributed by atoms with van der Waals surface area (Å²) >= 11 is 6.04. The van der Waals surface area contributed by atoms with E-state index in [1.54, 1.807) is 0 Å². The first-order chi connectivity index (χ1) is 15.9. The Balaban J connectivity index is 1.45. The van der Waals surface area contributed by atoms with Crippen molar-refractivity contribution in [2.45, 2.75) is 58.5 Å². The highest BCUT2D eigenvalue weighted by atomic mass is 35.5. The molecule has 0 spiro atoms. The van der Waals surface area contributed by atoms with Crippen molar-refractivity contribution in [1.29, 1.82) is 0 Å². The van der Waals surface area contributed by atoms with Crippen molar-refractivity contribution < 1.29 is 13.3 Å². The van der Waals surface area contributed by atoms with E-state index in [1.807, 2.05) is 6.92 Å². The molecule has 0 N–H and O–H groups in total. The highest BCUT2D eigenvalue weighted by Gasteiger charge is 2.24. The average Bonchev–Trinajstić information content (AvgIpc) is 3.39. The molecule has 0 bridgehead atoms. The Labute approximate surface area is 192 Å². The molecule has 0 radical (unpaired) electrons. The number of aliphatic imine (C=N–C) groups is 1. The third kappa shape index (κ3) is 4.95. The third-order valence-electron chi connectivity index (χ3n) is 5.40. The second-order valence-corrected chi connectivity index (χ2v) is 8.28. The zero-order valence-corrected chi connectivity index (χ0v) is 18.7. The van der Waals surface area contributed by atoms with Gasteiger partial charge in [0.05, 0.1) is 5.56 Å². The fourth-order valence-corrected chi connectivity index (χ4v) is 3.94. The Kier molecular flexibility index (Phi) is 6.83. The lowest BCUT2D eigenvalue weighted by Gasteiger charge is -2.13. The number of aromatic nitrogens is 4. The summed E-state index contributed by atoms with van der Waals surface area (Å²) in [6.07, 6.45) is 2.85. The summed E-state index contributed by atoms with van der Waals surface area (Å²) in [5.41, 5.74) is 0.153. The van der Waals surface area contributed by atoms with E-state index in [0.29, 0.717) is 53.2 Å². The second kappa shape index (κ2) is 9.78. The lowest BCUT2D eigenvalue weighted by atomic mass is 10.1. The first-order valence-corrected chi connectivity index (χ1v) is 11.1. The van der Waals surface area contributed by atoms with E-state index in [2.05, 4.69) is 15.1 Å². The van der Waals surface area contributed by atoms with Crippen LogP contribution in [0.5, 0.6) is 0 Å². The Bertz CT molecular complexity index is 1330. The summed E-state index contributed by atoms with van der Waals surface area (Å²) in [5.74, 6) is -0.832. The van der Waals surface area contributed by atoms with Gasteiger partial charge >= 0.3 is 5.69 Å². The molecule has 4 rings (SSSR count). The monoisotopic (exact) mass is 477 g/mol. The number of fused-ring (bicyclic) bond motifs is 1. The number of hydrogen-bond acceptors (Lipinski definition) is 6. The third-order valence-corrected chi connectivity index (χ3v) is 5.62. The molecule has 33 heavy (non-hydrogen) atoms. The van der Waals surface area contributed by atoms with Crippen LogP contribution in [-0.2, 0) is 32.4 Å². The molecule has 0 atom stereocenters. The minimum atomic E-state index is -0.938. The molecule has 0 amide bonds. The van der Waals surface area contributed by atoms with Crippen LogP contribution in [-0.4, -0.2) is 24.4 Å². The second-order valence-electron chi connectivity index (χ2n) is 7.84. The molecule has 2 aromatic heterocycles. The predicted octanol–water partition coefficient (Wildman–Crippen LogP) is 3.52. The van der Waals surface area contributed by atoms with Gasteiger partial charge in [0.15, 0.2) is 17.5 Å². The van der Waals surface area contributed by atoms with Crippen molar-refractivity contribution in [2.24, 2.45) is 4.99 Å². The number of rotatable bonds is 9. The minimum absolute atomic E-state index is 0.176. The van der Waals surface area contributed by atoms with Gasteiger partial charge in [-0.05, 0) is 30.5 Å².